The minimum atomic E-state index is -4.30. The lowest BCUT2D eigenvalue weighted by molar-refractivity contribution is -0.139. The summed E-state index contributed by atoms with van der Waals surface area (Å²) in [6, 6.07) is 2.39. The maximum absolute atomic E-state index is 12.7. The maximum atomic E-state index is 12.7. The molecule has 1 aromatic heterocycles. The molecule has 0 aliphatic rings. The van der Waals surface area contributed by atoms with Crippen molar-refractivity contribution in [3.05, 3.63) is 24.1 Å². The van der Waals surface area contributed by atoms with Gasteiger partial charge in [-0.2, -0.15) is 13.2 Å². The van der Waals surface area contributed by atoms with E-state index in [1.807, 2.05) is 0 Å². The summed E-state index contributed by atoms with van der Waals surface area (Å²) in [4.78, 5) is 3.43. The van der Waals surface area contributed by atoms with E-state index in [1.165, 1.54) is 12.3 Å². The number of nitrogens with zero attached hydrogens (tertiary/aromatic N) is 1. The van der Waals surface area contributed by atoms with Gasteiger partial charge in [0, 0.05) is 6.20 Å². The second kappa shape index (κ2) is 4.26. The summed E-state index contributed by atoms with van der Waals surface area (Å²) in [5.41, 5.74) is 0. The Labute approximate surface area is 77.5 Å². The standard InChI is InChI=1S/C8H7F4NO/c9-6-2-1-4-13-7(6)14-5-3-8(10,11)12/h1-2,4H,3,5H2. The number of alkyl halides is 3. The van der Waals surface area contributed by atoms with Crippen molar-refractivity contribution in [2.45, 2.75) is 12.6 Å². The van der Waals surface area contributed by atoms with Gasteiger partial charge in [0.15, 0.2) is 5.82 Å². The van der Waals surface area contributed by atoms with Crippen molar-refractivity contribution in [3.8, 4) is 5.88 Å². The summed E-state index contributed by atoms with van der Waals surface area (Å²) in [5, 5.41) is 0. The van der Waals surface area contributed by atoms with Crippen molar-refractivity contribution in [1.82, 2.24) is 4.98 Å². The van der Waals surface area contributed by atoms with Crippen molar-refractivity contribution >= 4 is 0 Å². The number of pyridine rings is 1. The van der Waals surface area contributed by atoms with E-state index in [-0.39, 0.29) is 0 Å². The van der Waals surface area contributed by atoms with Gasteiger partial charge in [0.25, 0.3) is 0 Å². The highest BCUT2D eigenvalue weighted by molar-refractivity contribution is 5.12. The van der Waals surface area contributed by atoms with Crippen LogP contribution < -0.4 is 4.74 Å². The van der Waals surface area contributed by atoms with Crippen LogP contribution in [0.2, 0.25) is 0 Å². The molecular weight excluding hydrogens is 202 g/mol. The minimum Gasteiger partial charge on any atom is -0.475 e. The third kappa shape index (κ3) is 3.59. The van der Waals surface area contributed by atoms with Crippen molar-refractivity contribution in [2.24, 2.45) is 0 Å². The van der Waals surface area contributed by atoms with E-state index >= 15 is 0 Å². The monoisotopic (exact) mass is 209 g/mol. The van der Waals surface area contributed by atoms with Gasteiger partial charge in [0.05, 0.1) is 13.0 Å². The molecule has 0 aromatic carbocycles. The van der Waals surface area contributed by atoms with Crippen LogP contribution >= 0.6 is 0 Å². The zero-order valence-corrected chi connectivity index (χ0v) is 7.01. The van der Waals surface area contributed by atoms with Gasteiger partial charge in [-0.25, -0.2) is 9.37 Å². The zero-order chi connectivity index (χ0) is 10.6. The molecule has 0 aliphatic heterocycles. The van der Waals surface area contributed by atoms with Crippen LogP contribution in [0.15, 0.2) is 18.3 Å². The van der Waals surface area contributed by atoms with Gasteiger partial charge in [-0.3, -0.25) is 0 Å². The molecule has 14 heavy (non-hydrogen) atoms. The summed E-state index contributed by atoms with van der Waals surface area (Å²) in [5.74, 6) is -1.17. The highest BCUT2D eigenvalue weighted by atomic mass is 19.4. The summed E-state index contributed by atoms with van der Waals surface area (Å²) in [6.07, 6.45) is -4.18. The van der Waals surface area contributed by atoms with E-state index in [2.05, 4.69) is 9.72 Å². The molecule has 0 aliphatic carbocycles. The van der Waals surface area contributed by atoms with Gasteiger partial charge in [-0.1, -0.05) is 0 Å². The first-order valence-electron chi connectivity index (χ1n) is 3.79. The quantitative estimate of drug-likeness (QED) is 0.713. The molecule has 1 heterocycles. The summed E-state index contributed by atoms with van der Waals surface area (Å²) in [6.45, 7) is -0.628. The molecule has 0 bridgehead atoms. The van der Waals surface area contributed by atoms with Crippen LogP contribution in [0.3, 0.4) is 0 Å². The molecule has 0 spiro atoms. The molecule has 0 saturated carbocycles. The van der Waals surface area contributed by atoms with Crippen LogP contribution in [0.5, 0.6) is 5.88 Å². The Bertz CT molecular complexity index is 300. The molecule has 1 rings (SSSR count). The Morgan fingerprint density at radius 3 is 2.64 bits per heavy atom. The van der Waals surface area contributed by atoms with E-state index < -0.39 is 30.9 Å². The lowest BCUT2D eigenvalue weighted by Crippen LogP contribution is -2.13. The van der Waals surface area contributed by atoms with Crippen LogP contribution in [0, 0.1) is 5.82 Å². The van der Waals surface area contributed by atoms with Crippen LogP contribution in [0.1, 0.15) is 6.42 Å². The van der Waals surface area contributed by atoms with Gasteiger partial charge in [0.1, 0.15) is 0 Å². The van der Waals surface area contributed by atoms with Crippen molar-refractivity contribution in [3.63, 3.8) is 0 Å². The van der Waals surface area contributed by atoms with E-state index in [9.17, 15) is 17.6 Å². The third-order valence-electron chi connectivity index (χ3n) is 1.35. The number of hydrogen-bond acceptors (Lipinski definition) is 2. The summed E-state index contributed by atoms with van der Waals surface area (Å²) >= 11 is 0. The third-order valence-corrected chi connectivity index (χ3v) is 1.35. The van der Waals surface area contributed by atoms with Gasteiger partial charge < -0.3 is 4.74 Å². The molecule has 0 N–H and O–H groups in total. The molecule has 0 fully saturated rings. The smallest absolute Gasteiger partial charge is 0.392 e. The predicted octanol–water partition coefficient (Wildman–Crippen LogP) is 2.55. The van der Waals surface area contributed by atoms with Crippen molar-refractivity contribution in [1.29, 1.82) is 0 Å². The lowest BCUT2D eigenvalue weighted by Gasteiger charge is -2.07. The Hall–Kier alpha value is -1.33. The normalized spacial score (nSPS) is 11.4. The number of ether oxygens (including phenoxy) is 1. The van der Waals surface area contributed by atoms with Gasteiger partial charge in [-0.05, 0) is 12.1 Å². The van der Waals surface area contributed by atoms with E-state index in [0.29, 0.717) is 0 Å². The molecule has 0 unspecified atom stereocenters. The second-order valence-electron chi connectivity index (χ2n) is 2.50. The Morgan fingerprint density at radius 2 is 2.07 bits per heavy atom. The minimum absolute atomic E-state index is 0.406. The fraction of sp³-hybridized carbons (Fsp3) is 0.375. The topological polar surface area (TPSA) is 22.1 Å². The first kappa shape index (κ1) is 10.7. The summed E-state index contributed by atoms with van der Waals surface area (Å²) < 4.78 is 52.2. The van der Waals surface area contributed by atoms with Crippen LogP contribution in [-0.2, 0) is 0 Å². The SMILES string of the molecule is Fc1cccnc1OCCC(F)(F)F. The Kier molecular flexibility index (Phi) is 3.27. The van der Waals surface area contributed by atoms with E-state index in [1.54, 1.807) is 0 Å². The molecule has 1 aromatic rings. The average Bonchev–Trinajstić information content (AvgIpc) is 2.06. The lowest BCUT2D eigenvalue weighted by atomic mass is 10.4. The molecule has 78 valence electrons. The molecule has 0 atom stereocenters. The number of halogens is 4. The number of hydrogen-bond donors (Lipinski definition) is 0. The Balaban J connectivity index is 2.43. The van der Waals surface area contributed by atoms with E-state index in [0.717, 1.165) is 6.07 Å². The highest BCUT2D eigenvalue weighted by Gasteiger charge is 2.27. The number of aromatic nitrogens is 1. The summed E-state index contributed by atoms with van der Waals surface area (Å²) in [7, 11) is 0. The first-order valence-corrected chi connectivity index (χ1v) is 3.79. The largest absolute Gasteiger partial charge is 0.475 e. The van der Waals surface area contributed by atoms with Gasteiger partial charge in [0.2, 0.25) is 5.88 Å². The van der Waals surface area contributed by atoms with Crippen LogP contribution in [-0.4, -0.2) is 17.8 Å². The van der Waals surface area contributed by atoms with Gasteiger partial charge >= 0.3 is 6.18 Å². The fourth-order valence-electron chi connectivity index (χ4n) is 0.741. The first-order chi connectivity index (χ1) is 6.49. The molecule has 2 nitrogen and oxygen atoms in total. The van der Waals surface area contributed by atoms with Crippen LogP contribution in [0.4, 0.5) is 17.6 Å². The Morgan fingerprint density at radius 1 is 1.36 bits per heavy atom. The average molecular weight is 209 g/mol. The molecular formula is C8H7F4NO. The zero-order valence-electron chi connectivity index (χ0n) is 7.01. The number of rotatable bonds is 3. The molecule has 0 saturated heterocycles. The molecule has 0 radical (unpaired) electrons. The van der Waals surface area contributed by atoms with Crippen molar-refractivity contribution < 1.29 is 22.3 Å². The molecule has 6 heteroatoms. The molecule has 0 amide bonds. The van der Waals surface area contributed by atoms with Crippen molar-refractivity contribution in [2.75, 3.05) is 6.61 Å². The second-order valence-corrected chi connectivity index (χ2v) is 2.50. The van der Waals surface area contributed by atoms with Crippen LogP contribution in [0.25, 0.3) is 0 Å². The predicted molar refractivity (Wildman–Crippen MR) is 40.4 cm³/mol. The maximum Gasteiger partial charge on any atom is 0.392 e. The highest BCUT2D eigenvalue weighted by Crippen LogP contribution is 2.20. The van der Waals surface area contributed by atoms with Gasteiger partial charge in [-0.15, -0.1) is 0 Å². The fourth-order valence-corrected chi connectivity index (χ4v) is 0.741. The van der Waals surface area contributed by atoms with E-state index in [4.69, 9.17) is 0 Å².